The molecule has 2 aromatic rings. The topological polar surface area (TPSA) is 120 Å². The van der Waals surface area contributed by atoms with E-state index in [4.69, 9.17) is 0 Å². The summed E-state index contributed by atoms with van der Waals surface area (Å²) in [7, 11) is 0. The van der Waals surface area contributed by atoms with Crippen molar-refractivity contribution in [1.82, 2.24) is 15.2 Å². The Kier molecular flexibility index (Phi) is 5.90. The van der Waals surface area contributed by atoms with Crippen LogP contribution in [0.5, 0.6) is 0 Å². The summed E-state index contributed by atoms with van der Waals surface area (Å²) >= 11 is 1.29. The van der Waals surface area contributed by atoms with Crippen molar-refractivity contribution in [3.8, 4) is 0 Å². The Morgan fingerprint density at radius 1 is 1.21 bits per heavy atom. The molecular formula is C23H29N5O4S. The molecule has 9 nitrogen and oxygen atoms in total. The number of hydrogen-bond donors (Lipinski definition) is 3. The molecule has 5 amide bonds. The quantitative estimate of drug-likeness (QED) is 0.587. The smallest absolute Gasteiger partial charge is 0.324 e. The first kappa shape index (κ1) is 23.2. The molecule has 2 aliphatic rings. The molecule has 1 aliphatic carbocycles. The zero-order chi connectivity index (χ0) is 24.0. The second-order valence-corrected chi connectivity index (χ2v) is 11.0. The Hall–Kier alpha value is -3.01. The lowest BCUT2D eigenvalue weighted by atomic mass is 9.67. The minimum Gasteiger partial charge on any atom is -0.324 e. The summed E-state index contributed by atoms with van der Waals surface area (Å²) in [4.78, 5) is 54.9. The van der Waals surface area contributed by atoms with Crippen molar-refractivity contribution in [3.05, 3.63) is 18.2 Å². The SMILES string of the molecule is CC(=O)Nc1nc2ccc(NC(=O)CN3C(=O)NC4(CCC(C(C)(C)C)CC4)C3=O)cc2s1. The first-order valence-corrected chi connectivity index (χ1v) is 11.9. The third-order valence-corrected chi connectivity index (χ3v) is 7.50. The number of nitrogens with one attached hydrogen (secondary N) is 3. The van der Waals surface area contributed by atoms with Gasteiger partial charge in [0.25, 0.3) is 5.91 Å². The van der Waals surface area contributed by atoms with Crippen LogP contribution in [0.1, 0.15) is 53.4 Å². The number of anilines is 2. The summed E-state index contributed by atoms with van der Waals surface area (Å²) in [5.74, 6) is -0.475. The fourth-order valence-electron chi connectivity index (χ4n) is 4.69. The number of thiazole rings is 1. The molecule has 176 valence electrons. The van der Waals surface area contributed by atoms with E-state index in [0.717, 1.165) is 22.4 Å². The van der Waals surface area contributed by atoms with E-state index >= 15 is 0 Å². The van der Waals surface area contributed by atoms with Gasteiger partial charge in [0, 0.05) is 12.6 Å². The summed E-state index contributed by atoms with van der Waals surface area (Å²) in [5.41, 5.74) is 0.497. The van der Waals surface area contributed by atoms with E-state index in [1.165, 1.54) is 18.3 Å². The molecule has 1 aromatic carbocycles. The van der Waals surface area contributed by atoms with Gasteiger partial charge in [-0.3, -0.25) is 19.3 Å². The number of amides is 5. The van der Waals surface area contributed by atoms with Crippen molar-refractivity contribution in [2.24, 2.45) is 11.3 Å². The predicted molar refractivity (Wildman–Crippen MR) is 127 cm³/mol. The predicted octanol–water partition coefficient (Wildman–Crippen LogP) is 3.72. The van der Waals surface area contributed by atoms with Gasteiger partial charge < -0.3 is 16.0 Å². The van der Waals surface area contributed by atoms with Crippen molar-refractivity contribution >= 4 is 56.1 Å². The van der Waals surface area contributed by atoms with Gasteiger partial charge in [0.15, 0.2) is 5.13 Å². The Labute approximate surface area is 196 Å². The van der Waals surface area contributed by atoms with Crippen LogP contribution >= 0.6 is 11.3 Å². The normalized spacial score (nSPS) is 23.2. The average molecular weight is 472 g/mol. The molecule has 1 spiro atoms. The van der Waals surface area contributed by atoms with Crippen LogP contribution in [0, 0.1) is 11.3 Å². The standard InChI is InChI=1S/C23H29N5O4S/c1-13(29)24-20-26-16-6-5-15(11-17(16)33-20)25-18(30)12-28-19(31)23(27-21(28)32)9-7-14(8-10-23)22(2,3)4/h5-6,11,14H,7-10,12H2,1-4H3,(H,25,30)(H,27,32)(H,24,26,29). The lowest BCUT2D eigenvalue weighted by molar-refractivity contribution is -0.135. The van der Waals surface area contributed by atoms with Crippen LogP contribution < -0.4 is 16.0 Å². The first-order valence-electron chi connectivity index (χ1n) is 11.1. The first-order chi connectivity index (χ1) is 15.5. The van der Waals surface area contributed by atoms with Gasteiger partial charge in [-0.05, 0) is 55.2 Å². The minimum atomic E-state index is -0.888. The highest BCUT2D eigenvalue weighted by Gasteiger charge is 2.53. The number of rotatable bonds is 4. The molecule has 2 fully saturated rings. The fraction of sp³-hybridized carbons (Fsp3) is 0.522. The van der Waals surface area contributed by atoms with Crippen molar-refractivity contribution in [2.75, 3.05) is 17.2 Å². The number of carbonyl (C=O) groups is 4. The van der Waals surface area contributed by atoms with Crippen LogP contribution in [0.4, 0.5) is 15.6 Å². The molecule has 0 unspecified atom stereocenters. The number of hydrogen-bond acceptors (Lipinski definition) is 6. The van der Waals surface area contributed by atoms with Gasteiger partial charge in [0.2, 0.25) is 11.8 Å². The molecule has 4 rings (SSSR count). The number of fused-ring (bicyclic) bond motifs is 1. The summed E-state index contributed by atoms with van der Waals surface area (Å²) < 4.78 is 0.793. The Balaban J connectivity index is 1.40. The maximum atomic E-state index is 13.1. The number of nitrogens with zero attached hydrogens (tertiary/aromatic N) is 2. The van der Waals surface area contributed by atoms with E-state index in [0.29, 0.717) is 35.1 Å². The van der Waals surface area contributed by atoms with Crippen molar-refractivity contribution in [3.63, 3.8) is 0 Å². The van der Waals surface area contributed by atoms with Gasteiger partial charge in [-0.2, -0.15) is 0 Å². The van der Waals surface area contributed by atoms with Crippen LogP contribution in [0.2, 0.25) is 0 Å². The Morgan fingerprint density at radius 2 is 1.91 bits per heavy atom. The van der Waals surface area contributed by atoms with Crippen LogP contribution in [0.25, 0.3) is 10.2 Å². The number of imide groups is 1. The maximum Gasteiger partial charge on any atom is 0.325 e. The molecule has 3 N–H and O–H groups in total. The molecular weight excluding hydrogens is 442 g/mol. The van der Waals surface area contributed by atoms with Crippen LogP contribution in [-0.4, -0.2) is 45.7 Å². The highest BCUT2D eigenvalue weighted by Crippen LogP contribution is 2.43. The molecule has 0 radical (unpaired) electrons. The van der Waals surface area contributed by atoms with Crippen LogP contribution in [0.3, 0.4) is 0 Å². The summed E-state index contributed by atoms with van der Waals surface area (Å²) in [5, 5.41) is 8.74. The van der Waals surface area contributed by atoms with Crippen LogP contribution in [0.15, 0.2) is 18.2 Å². The lowest BCUT2D eigenvalue weighted by Crippen LogP contribution is -2.50. The zero-order valence-electron chi connectivity index (χ0n) is 19.3. The number of urea groups is 1. The largest absolute Gasteiger partial charge is 0.325 e. The van der Waals surface area contributed by atoms with E-state index in [-0.39, 0.29) is 23.8 Å². The van der Waals surface area contributed by atoms with E-state index in [9.17, 15) is 19.2 Å². The minimum absolute atomic E-state index is 0.162. The lowest BCUT2D eigenvalue weighted by Gasteiger charge is -2.40. The van der Waals surface area contributed by atoms with Crippen molar-refractivity contribution in [1.29, 1.82) is 0 Å². The monoisotopic (exact) mass is 471 g/mol. The van der Waals surface area contributed by atoms with Gasteiger partial charge in [0.05, 0.1) is 10.2 Å². The molecule has 1 saturated heterocycles. The van der Waals surface area contributed by atoms with Gasteiger partial charge >= 0.3 is 6.03 Å². The zero-order valence-corrected chi connectivity index (χ0v) is 20.1. The second kappa shape index (κ2) is 8.40. The van der Waals surface area contributed by atoms with Gasteiger partial charge in [-0.15, -0.1) is 0 Å². The third kappa shape index (κ3) is 4.71. The van der Waals surface area contributed by atoms with E-state index in [1.54, 1.807) is 18.2 Å². The van der Waals surface area contributed by atoms with Gasteiger partial charge in [0.1, 0.15) is 12.1 Å². The maximum absolute atomic E-state index is 13.1. The number of benzene rings is 1. The van der Waals surface area contributed by atoms with E-state index in [2.05, 4.69) is 41.7 Å². The third-order valence-electron chi connectivity index (χ3n) is 6.57. The molecule has 2 heterocycles. The molecule has 0 bridgehead atoms. The van der Waals surface area contributed by atoms with Gasteiger partial charge in [-0.1, -0.05) is 32.1 Å². The summed E-state index contributed by atoms with van der Waals surface area (Å²) in [6.07, 6.45) is 2.92. The molecule has 10 heteroatoms. The fourth-order valence-corrected chi connectivity index (χ4v) is 5.64. The molecule has 33 heavy (non-hydrogen) atoms. The number of aromatic nitrogens is 1. The van der Waals surface area contributed by atoms with Crippen molar-refractivity contribution in [2.45, 2.75) is 58.9 Å². The summed E-state index contributed by atoms with van der Waals surface area (Å²) in [6, 6.07) is 4.67. The highest BCUT2D eigenvalue weighted by molar-refractivity contribution is 7.22. The van der Waals surface area contributed by atoms with E-state index < -0.39 is 17.5 Å². The van der Waals surface area contributed by atoms with Crippen LogP contribution in [-0.2, 0) is 14.4 Å². The summed E-state index contributed by atoms with van der Waals surface area (Å²) in [6.45, 7) is 7.67. The number of carbonyl (C=O) groups excluding carboxylic acids is 4. The second-order valence-electron chi connectivity index (χ2n) is 9.97. The van der Waals surface area contributed by atoms with E-state index in [1.807, 2.05) is 0 Å². The average Bonchev–Trinajstić information content (AvgIpc) is 3.20. The van der Waals surface area contributed by atoms with Crippen molar-refractivity contribution < 1.29 is 19.2 Å². The molecule has 1 saturated carbocycles. The molecule has 0 atom stereocenters. The Morgan fingerprint density at radius 3 is 2.55 bits per heavy atom. The van der Waals surface area contributed by atoms with Gasteiger partial charge in [-0.25, -0.2) is 9.78 Å². The molecule has 1 aliphatic heterocycles. The molecule has 1 aromatic heterocycles. The Bertz CT molecular complexity index is 1130. The highest BCUT2D eigenvalue weighted by atomic mass is 32.1.